The standard InChI is InChI=1S/C22H29NO.ClH/c1-18(20-12-14-23-15-13-20)16-22(17-19-8-4-2-5-9-19)24-21-10-6-3-7-11-21;/h2-11,18,20,22-23H,12-17H2,1H3;1H. The van der Waals surface area contributed by atoms with Gasteiger partial charge < -0.3 is 10.1 Å². The van der Waals surface area contributed by atoms with Crippen LogP contribution in [0.5, 0.6) is 5.75 Å². The number of halogens is 1. The van der Waals surface area contributed by atoms with Gasteiger partial charge in [0, 0.05) is 6.42 Å². The Labute approximate surface area is 158 Å². The lowest BCUT2D eigenvalue weighted by Gasteiger charge is -2.31. The van der Waals surface area contributed by atoms with Gasteiger partial charge in [-0.25, -0.2) is 0 Å². The molecule has 2 aromatic rings. The summed E-state index contributed by atoms with van der Waals surface area (Å²) in [6.45, 7) is 4.73. The Bertz CT molecular complexity index is 542. The van der Waals surface area contributed by atoms with Crippen molar-refractivity contribution >= 4 is 12.4 Å². The first-order valence-electron chi connectivity index (χ1n) is 9.27. The Kier molecular flexibility index (Phi) is 8.30. The normalized spacial score (nSPS) is 17.3. The van der Waals surface area contributed by atoms with Crippen LogP contribution in [-0.2, 0) is 6.42 Å². The van der Waals surface area contributed by atoms with Crippen molar-refractivity contribution in [3.05, 3.63) is 66.2 Å². The number of hydrogen-bond acceptors (Lipinski definition) is 2. The molecule has 1 aliphatic rings. The minimum absolute atomic E-state index is 0. The highest BCUT2D eigenvalue weighted by Crippen LogP contribution is 2.28. The molecule has 0 saturated carbocycles. The topological polar surface area (TPSA) is 21.3 Å². The van der Waals surface area contributed by atoms with Crippen molar-refractivity contribution in [3.8, 4) is 5.75 Å². The fourth-order valence-electron chi connectivity index (χ4n) is 3.76. The number of hydrogen-bond donors (Lipinski definition) is 1. The molecule has 0 bridgehead atoms. The van der Waals surface area contributed by atoms with Crippen molar-refractivity contribution < 1.29 is 4.74 Å². The van der Waals surface area contributed by atoms with Crippen LogP contribution in [0.3, 0.4) is 0 Å². The van der Waals surface area contributed by atoms with Gasteiger partial charge in [-0.3, -0.25) is 0 Å². The third-order valence-electron chi connectivity index (χ3n) is 5.18. The van der Waals surface area contributed by atoms with Gasteiger partial charge in [0.1, 0.15) is 11.9 Å². The zero-order valence-electron chi connectivity index (χ0n) is 15.1. The zero-order valence-corrected chi connectivity index (χ0v) is 15.9. The highest BCUT2D eigenvalue weighted by atomic mass is 35.5. The van der Waals surface area contributed by atoms with E-state index in [0.717, 1.165) is 37.6 Å². The van der Waals surface area contributed by atoms with Gasteiger partial charge in [0.15, 0.2) is 0 Å². The summed E-state index contributed by atoms with van der Waals surface area (Å²) in [4.78, 5) is 0. The van der Waals surface area contributed by atoms with Crippen molar-refractivity contribution in [1.82, 2.24) is 5.32 Å². The average molecular weight is 360 g/mol. The largest absolute Gasteiger partial charge is 0.490 e. The van der Waals surface area contributed by atoms with Gasteiger partial charge in [0.05, 0.1) is 0 Å². The van der Waals surface area contributed by atoms with E-state index in [0.29, 0.717) is 5.92 Å². The third-order valence-corrected chi connectivity index (χ3v) is 5.18. The minimum Gasteiger partial charge on any atom is -0.490 e. The first-order valence-corrected chi connectivity index (χ1v) is 9.27. The van der Waals surface area contributed by atoms with Crippen molar-refractivity contribution in [3.63, 3.8) is 0 Å². The second kappa shape index (κ2) is 10.5. The fourth-order valence-corrected chi connectivity index (χ4v) is 3.76. The van der Waals surface area contributed by atoms with Gasteiger partial charge in [-0.2, -0.15) is 0 Å². The first kappa shape index (κ1) is 19.8. The molecule has 1 aliphatic heterocycles. The second-order valence-corrected chi connectivity index (χ2v) is 7.04. The van der Waals surface area contributed by atoms with Crippen LogP contribution >= 0.6 is 12.4 Å². The monoisotopic (exact) mass is 359 g/mol. The molecule has 1 saturated heterocycles. The first-order chi connectivity index (χ1) is 11.8. The van der Waals surface area contributed by atoms with E-state index in [9.17, 15) is 0 Å². The lowest BCUT2D eigenvalue weighted by atomic mass is 9.82. The van der Waals surface area contributed by atoms with Crippen LogP contribution in [0.4, 0.5) is 0 Å². The molecule has 0 spiro atoms. The Morgan fingerprint density at radius 1 is 0.960 bits per heavy atom. The molecular formula is C22H30ClNO. The molecule has 25 heavy (non-hydrogen) atoms. The summed E-state index contributed by atoms with van der Waals surface area (Å²) in [7, 11) is 0. The van der Waals surface area contributed by atoms with E-state index >= 15 is 0 Å². The second-order valence-electron chi connectivity index (χ2n) is 7.04. The summed E-state index contributed by atoms with van der Waals surface area (Å²) in [5.74, 6) is 2.50. The highest BCUT2D eigenvalue weighted by molar-refractivity contribution is 5.85. The van der Waals surface area contributed by atoms with Gasteiger partial charge in [0.2, 0.25) is 0 Å². The molecule has 1 fully saturated rings. The van der Waals surface area contributed by atoms with Crippen LogP contribution in [0.25, 0.3) is 0 Å². The van der Waals surface area contributed by atoms with Gasteiger partial charge in [-0.05, 0) is 61.9 Å². The molecule has 3 heteroatoms. The Balaban J connectivity index is 0.00000225. The van der Waals surface area contributed by atoms with E-state index in [1.165, 1.54) is 18.4 Å². The van der Waals surface area contributed by atoms with Gasteiger partial charge >= 0.3 is 0 Å². The number of nitrogens with one attached hydrogen (secondary N) is 1. The van der Waals surface area contributed by atoms with Crippen LogP contribution in [-0.4, -0.2) is 19.2 Å². The number of piperidine rings is 1. The van der Waals surface area contributed by atoms with Gasteiger partial charge in [-0.1, -0.05) is 55.5 Å². The molecule has 2 atom stereocenters. The maximum Gasteiger partial charge on any atom is 0.119 e. The summed E-state index contributed by atoms with van der Waals surface area (Å²) >= 11 is 0. The Morgan fingerprint density at radius 3 is 2.20 bits per heavy atom. The predicted octanol–water partition coefficient (Wildman–Crippen LogP) is 5.12. The molecule has 2 aromatic carbocycles. The molecule has 136 valence electrons. The van der Waals surface area contributed by atoms with Crippen molar-refractivity contribution in [2.75, 3.05) is 13.1 Å². The van der Waals surface area contributed by atoms with E-state index in [4.69, 9.17) is 4.74 Å². The maximum atomic E-state index is 6.36. The average Bonchev–Trinajstić information content (AvgIpc) is 2.64. The van der Waals surface area contributed by atoms with Gasteiger partial charge in [-0.15, -0.1) is 12.4 Å². The number of ether oxygens (including phenoxy) is 1. The van der Waals surface area contributed by atoms with E-state index in [-0.39, 0.29) is 18.5 Å². The van der Waals surface area contributed by atoms with E-state index in [2.05, 4.69) is 54.7 Å². The zero-order chi connectivity index (χ0) is 16.6. The molecule has 0 aliphatic carbocycles. The van der Waals surface area contributed by atoms with E-state index in [1.54, 1.807) is 0 Å². The number of benzene rings is 2. The summed E-state index contributed by atoms with van der Waals surface area (Å²) in [6.07, 6.45) is 4.92. The van der Waals surface area contributed by atoms with Crippen LogP contribution in [0.2, 0.25) is 0 Å². The molecular weight excluding hydrogens is 330 g/mol. The lowest BCUT2D eigenvalue weighted by molar-refractivity contribution is 0.141. The predicted molar refractivity (Wildman–Crippen MR) is 108 cm³/mol. The number of rotatable bonds is 7. The molecule has 0 amide bonds. The summed E-state index contributed by atoms with van der Waals surface area (Å²) in [6, 6.07) is 21.0. The van der Waals surface area contributed by atoms with Crippen LogP contribution < -0.4 is 10.1 Å². The van der Waals surface area contributed by atoms with Crippen LogP contribution in [0.15, 0.2) is 60.7 Å². The molecule has 1 N–H and O–H groups in total. The fraction of sp³-hybridized carbons (Fsp3) is 0.455. The smallest absolute Gasteiger partial charge is 0.119 e. The van der Waals surface area contributed by atoms with Crippen molar-refractivity contribution in [2.45, 2.75) is 38.7 Å². The maximum absolute atomic E-state index is 6.36. The Hall–Kier alpha value is -1.51. The summed E-state index contributed by atoms with van der Waals surface area (Å²) < 4.78 is 6.36. The SMILES string of the molecule is CC(CC(Cc1ccccc1)Oc1ccccc1)C1CCNCC1.Cl. The molecule has 2 nitrogen and oxygen atoms in total. The third kappa shape index (κ3) is 6.37. The quantitative estimate of drug-likeness (QED) is 0.740. The van der Waals surface area contributed by atoms with Crippen LogP contribution in [0, 0.1) is 11.8 Å². The molecule has 0 aromatic heterocycles. The van der Waals surface area contributed by atoms with E-state index in [1.807, 2.05) is 18.2 Å². The molecule has 3 rings (SSSR count). The number of para-hydroxylation sites is 1. The molecule has 2 unspecified atom stereocenters. The molecule has 0 radical (unpaired) electrons. The summed E-state index contributed by atoms with van der Waals surface area (Å²) in [5.41, 5.74) is 1.36. The van der Waals surface area contributed by atoms with Crippen LogP contribution in [0.1, 0.15) is 31.7 Å². The Morgan fingerprint density at radius 2 is 1.56 bits per heavy atom. The minimum atomic E-state index is 0. The van der Waals surface area contributed by atoms with Crippen molar-refractivity contribution in [2.24, 2.45) is 11.8 Å². The van der Waals surface area contributed by atoms with Gasteiger partial charge in [0.25, 0.3) is 0 Å². The van der Waals surface area contributed by atoms with E-state index < -0.39 is 0 Å². The lowest BCUT2D eigenvalue weighted by Crippen LogP contribution is -2.33. The molecule has 1 heterocycles. The van der Waals surface area contributed by atoms with Crippen molar-refractivity contribution in [1.29, 1.82) is 0 Å². The summed E-state index contributed by atoms with van der Waals surface area (Å²) in [5, 5.41) is 3.47. The highest BCUT2D eigenvalue weighted by Gasteiger charge is 2.24.